The first-order chi connectivity index (χ1) is 15.1. The van der Waals surface area contributed by atoms with Gasteiger partial charge in [-0.15, -0.1) is 0 Å². The molecule has 2 aliphatic heterocycles. The predicted octanol–water partition coefficient (Wildman–Crippen LogP) is 1.72. The molecule has 1 unspecified atom stereocenters. The molecule has 1 atom stereocenters. The van der Waals surface area contributed by atoms with Gasteiger partial charge in [-0.1, -0.05) is 0 Å². The van der Waals surface area contributed by atoms with Crippen LogP contribution in [0.3, 0.4) is 0 Å². The number of fused-ring (bicyclic) bond motifs is 1. The lowest BCUT2D eigenvalue weighted by Crippen LogP contribution is -2.45. The van der Waals surface area contributed by atoms with Crippen LogP contribution in [0.25, 0.3) is 0 Å². The third-order valence-electron chi connectivity index (χ3n) is 5.13. The van der Waals surface area contributed by atoms with Crippen molar-refractivity contribution in [2.45, 2.75) is 45.1 Å². The first kappa shape index (κ1) is 23.5. The minimum absolute atomic E-state index is 0.0416. The SMILES string of the molecule is Cc1cc2n(n1)CCN(c1ccc(C(=O)NC3CCCNC3)cn1)C2.O=C(O)C(F)(F)F. The fraction of sp³-hybridized carbons (Fsp3) is 0.500. The first-order valence-corrected chi connectivity index (χ1v) is 10.2. The molecule has 4 heterocycles. The Morgan fingerprint density at radius 3 is 2.62 bits per heavy atom. The van der Waals surface area contributed by atoms with Crippen LogP contribution in [0.4, 0.5) is 19.0 Å². The van der Waals surface area contributed by atoms with Gasteiger partial charge in [0.1, 0.15) is 5.82 Å². The molecule has 1 amide bonds. The average Bonchev–Trinajstić information content (AvgIpc) is 3.13. The fourth-order valence-corrected chi connectivity index (χ4v) is 3.56. The molecule has 12 heteroatoms. The Balaban J connectivity index is 0.000000360. The maximum absolute atomic E-state index is 12.4. The number of halogens is 3. The zero-order valence-electron chi connectivity index (χ0n) is 17.5. The molecule has 0 spiro atoms. The van der Waals surface area contributed by atoms with Crippen LogP contribution in [-0.2, 0) is 17.9 Å². The highest BCUT2D eigenvalue weighted by molar-refractivity contribution is 5.94. The van der Waals surface area contributed by atoms with Crippen molar-refractivity contribution in [2.75, 3.05) is 24.5 Å². The predicted molar refractivity (Wildman–Crippen MR) is 109 cm³/mol. The van der Waals surface area contributed by atoms with Crippen LogP contribution in [0.1, 0.15) is 34.6 Å². The Bertz CT molecular complexity index is 939. The lowest BCUT2D eigenvalue weighted by molar-refractivity contribution is -0.192. The molecule has 1 saturated heterocycles. The van der Waals surface area contributed by atoms with E-state index in [0.717, 1.165) is 57.1 Å². The van der Waals surface area contributed by atoms with Gasteiger partial charge in [0.25, 0.3) is 5.91 Å². The number of pyridine rings is 1. The largest absolute Gasteiger partial charge is 0.490 e. The average molecular weight is 454 g/mol. The number of aliphatic carboxylic acids is 1. The molecule has 0 aromatic carbocycles. The highest BCUT2D eigenvalue weighted by Crippen LogP contribution is 2.20. The number of rotatable bonds is 3. The highest BCUT2D eigenvalue weighted by Gasteiger charge is 2.38. The van der Waals surface area contributed by atoms with Crippen LogP contribution in [0.2, 0.25) is 0 Å². The van der Waals surface area contributed by atoms with E-state index >= 15 is 0 Å². The Labute approximate surface area is 182 Å². The van der Waals surface area contributed by atoms with Crippen LogP contribution in [-0.4, -0.2) is 63.6 Å². The molecular weight excluding hydrogens is 429 g/mol. The summed E-state index contributed by atoms with van der Waals surface area (Å²) < 4.78 is 33.8. The number of hydrogen-bond donors (Lipinski definition) is 3. The molecule has 32 heavy (non-hydrogen) atoms. The van der Waals surface area contributed by atoms with E-state index in [9.17, 15) is 18.0 Å². The molecule has 0 aliphatic carbocycles. The lowest BCUT2D eigenvalue weighted by atomic mass is 10.1. The summed E-state index contributed by atoms with van der Waals surface area (Å²) in [6, 6.07) is 6.14. The summed E-state index contributed by atoms with van der Waals surface area (Å²) >= 11 is 0. The van der Waals surface area contributed by atoms with Gasteiger partial charge in [-0.2, -0.15) is 18.3 Å². The van der Waals surface area contributed by atoms with E-state index < -0.39 is 12.1 Å². The van der Waals surface area contributed by atoms with Crippen molar-refractivity contribution in [3.63, 3.8) is 0 Å². The standard InChI is InChI=1S/C18H24N6O.C2HF3O2/c1-13-9-16-12-23(7-8-24(16)22-13)17-5-4-14(10-20-17)18(25)21-15-3-2-6-19-11-15;3-2(4,5)1(6)7/h4-5,9-10,15,19H,2-3,6-8,11-12H2,1H3,(H,21,25);(H,6,7). The molecule has 0 bridgehead atoms. The van der Waals surface area contributed by atoms with Gasteiger partial charge in [-0.3, -0.25) is 9.48 Å². The van der Waals surface area contributed by atoms with Gasteiger partial charge in [0.2, 0.25) is 0 Å². The zero-order valence-corrected chi connectivity index (χ0v) is 17.5. The Morgan fingerprint density at radius 2 is 2.03 bits per heavy atom. The third kappa shape index (κ3) is 6.19. The maximum Gasteiger partial charge on any atom is 0.490 e. The number of anilines is 1. The van der Waals surface area contributed by atoms with E-state index in [1.54, 1.807) is 6.20 Å². The van der Waals surface area contributed by atoms with E-state index in [1.165, 1.54) is 5.69 Å². The summed E-state index contributed by atoms with van der Waals surface area (Å²) in [5, 5.41) is 18.0. The smallest absolute Gasteiger partial charge is 0.475 e. The minimum atomic E-state index is -5.08. The van der Waals surface area contributed by atoms with Crippen molar-refractivity contribution >= 4 is 17.7 Å². The van der Waals surface area contributed by atoms with Crippen molar-refractivity contribution in [1.29, 1.82) is 0 Å². The first-order valence-electron chi connectivity index (χ1n) is 10.2. The van der Waals surface area contributed by atoms with Crippen molar-refractivity contribution in [1.82, 2.24) is 25.4 Å². The van der Waals surface area contributed by atoms with Gasteiger partial charge in [0.15, 0.2) is 0 Å². The van der Waals surface area contributed by atoms with Crippen LogP contribution >= 0.6 is 0 Å². The monoisotopic (exact) mass is 454 g/mol. The van der Waals surface area contributed by atoms with Gasteiger partial charge < -0.3 is 20.6 Å². The number of aromatic nitrogens is 3. The summed E-state index contributed by atoms with van der Waals surface area (Å²) in [4.78, 5) is 28.0. The molecule has 2 aromatic heterocycles. The zero-order chi connectivity index (χ0) is 23.3. The summed E-state index contributed by atoms with van der Waals surface area (Å²) in [6.07, 6.45) is -1.27. The quantitative estimate of drug-likeness (QED) is 0.647. The highest BCUT2D eigenvalue weighted by atomic mass is 19.4. The Hall–Kier alpha value is -3.15. The normalized spacial score (nSPS) is 18.2. The fourth-order valence-electron chi connectivity index (χ4n) is 3.56. The summed E-state index contributed by atoms with van der Waals surface area (Å²) in [7, 11) is 0. The molecule has 9 nitrogen and oxygen atoms in total. The van der Waals surface area contributed by atoms with Gasteiger partial charge in [-0.25, -0.2) is 9.78 Å². The van der Waals surface area contributed by atoms with E-state index in [4.69, 9.17) is 9.90 Å². The molecule has 174 valence electrons. The summed E-state index contributed by atoms with van der Waals surface area (Å²) in [5.41, 5.74) is 2.87. The molecule has 0 radical (unpaired) electrons. The number of hydrogen-bond acceptors (Lipinski definition) is 6. The number of carboxylic acid groups (broad SMARTS) is 1. The number of piperidine rings is 1. The topological polar surface area (TPSA) is 112 Å². The maximum atomic E-state index is 12.4. The van der Waals surface area contributed by atoms with E-state index in [2.05, 4.69) is 36.4 Å². The number of carboxylic acids is 1. The van der Waals surface area contributed by atoms with Gasteiger partial charge in [0, 0.05) is 25.3 Å². The number of carbonyl (C=O) groups excluding carboxylic acids is 1. The summed E-state index contributed by atoms with van der Waals surface area (Å²) in [6.45, 7) is 6.44. The molecular formula is C20H25F3N6O3. The lowest BCUT2D eigenvalue weighted by Gasteiger charge is -2.28. The number of alkyl halides is 3. The molecule has 3 N–H and O–H groups in total. The third-order valence-corrected chi connectivity index (χ3v) is 5.13. The Kier molecular flexibility index (Phi) is 7.33. The Morgan fingerprint density at radius 1 is 1.28 bits per heavy atom. The number of carbonyl (C=O) groups is 2. The summed E-state index contributed by atoms with van der Waals surface area (Å²) in [5.74, 6) is -1.89. The van der Waals surface area contributed by atoms with Crippen molar-refractivity contribution in [3.8, 4) is 0 Å². The van der Waals surface area contributed by atoms with Crippen molar-refractivity contribution in [2.24, 2.45) is 0 Å². The second-order valence-corrected chi connectivity index (χ2v) is 7.65. The van der Waals surface area contributed by atoms with Crippen LogP contribution in [0, 0.1) is 6.92 Å². The van der Waals surface area contributed by atoms with Crippen molar-refractivity contribution in [3.05, 3.63) is 41.3 Å². The molecule has 0 saturated carbocycles. The second kappa shape index (κ2) is 9.98. The molecule has 2 aliphatic rings. The molecule has 4 rings (SSSR count). The van der Waals surface area contributed by atoms with Gasteiger partial charge in [0.05, 0.1) is 30.0 Å². The number of nitrogens with one attached hydrogen (secondary N) is 2. The number of amides is 1. The van der Waals surface area contributed by atoms with Gasteiger partial charge >= 0.3 is 12.1 Å². The van der Waals surface area contributed by atoms with Crippen LogP contribution in [0.5, 0.6) is 0 Å². The van der Waals surface area contributed by atoms with E-state index in [-0.39, 0.29) is 11.9 Å². The van der Waals surface area contributed by atoms with E-state index in [0.29, 0.717) is 5.56 Å². The van der Waals surface area contributed by atoms with Gasteiger partial charge in [-0.05, 0) is 44.5 Å². The molecule has 2 aromatic rings. The number of aryl methyl sites for hydroxylation is 1. The molecule has 1 fully saturated rings. The van der Waals surface area contributed by atoms with Crippen LogP contribution < -0.4 is 15.5 Å². The van der Waals surface area contributed by atoms with E-state index in [1.807, 2.05) is 19.1 Å². The van der Waals surface area contributed by atoms with Crippen LogP contribution in [0.15, 0.2) is 24.4 Å². The number of nitrogens with zero attached hydrogens (tertiary/aromatic N) is 4. The van der Waals surface area contributed by atoms with Crippen molar-refractivity contribution < 1.29 is 27.9 Å². The minimum Gasteiger partial charge on any atom is -0.475 e. The second-order valence-electron chi connectivity index (χ2n) is 7.65.